The van der Waals surface area contributed by atoms with Gasteiger partial charge in [-0.05, 0) is 34.1 Å². The van der Waals surface area contributed by atoms with Crippen molar-refractivity contribution in [1.29, 1.82) is 0 Å². The van der Waals surface area contributed by atoms with Crippen molar-refractivity contribution in [3.63, 3.8) is 0 Å². The fourth-order valence-corrected chi connectivity index (χ4v) is 6.86. The van der Waals surface area contributed by atoms with Crippen LogP contribution in [0.2, 0.25) is 0 Å². The Morgan fingerprint density at radius 3 is 1.24 bits per heavy atom. The Balaban J connectivity index is 0. The predicted octanol–water partition coefficient (Wildman–Crippen LogP) is 5.25. The van der Waals surface area contributed by atoms with Crippen LogP contribution >= 0.6 is 7.56 Å². The van der Waals surface area contributed by atoms with Crippen molar-refractivity contribution in [2.24, 2.45) is 0 Å². The molecule has 0 spiro atoms. The third-order valence-electron chi connectivity index (χ3n) is 3.61. The van der Waals surface area contributed by atoms with Gasteiger partial charge in [0.15, 0.2) is 0 Å². The Kier molecular flexibility index (Phi) is 13.0. The van der Waals surface area contributed by atoms with Gasteiger partial charge in [0.05, 0.1) is 12.8 Å². The Hall–Kier alpha value is 0.135. The average molecular weight is 334 g/mol. The maximum atomic E-state index is 9.75. The van der Waals surface area contributed by atoms with Crippen LogP contribution in [0.1, 0.15) is 47.5 Å². The maximum Gasteiger partial charge on any atom is 0.673 e. The van der Waals surface area contributed by atoms with Crippen molar-refractivity contribution < 1.29 is 17.3 Å². The minimum atomic E-state index is -6.00. The zero-order valence-corrected chi connectivity index (χ0v) is 15.3. The molecule has 0 saturated heterocycles. The summed E-state index contributed by atoms with van der Waals surface area (Å²) in [6.45, 7) is 18.8. The van der Waals surface area contributed by atoms with Crippen LogP contribution < -0.4 is 0 Å². The molecule has 8 heteroatoms. The minimum Gasteiger partial charge on any atom is -0.418 e. The molecule has 130 valence electrons. The molecule has 0 aliphatic heterocycles. The number of hydrogen-bond acceptors (Lipinski definition) is 2. The molecule has 0 radical (unpaired) electrons. The molecule has 0 aromatic heterocycles. The minimum absolute atomic E-state index is 1.04. The van der Waals surface area contributed by atoms with Crippen LogP contribution in [0.25, 0.3) is 0 Å². The molecular weight excluding hydrogens is 302 g/mol. The number of nitrogens with zero attached hydrogens (tertiary/aromatic N) is 2. The molecule has 0 saturated carbocycles. The summed E-state index contributed by atoms with van der Waals surface area (Å²) in [5, 5.41) is 0. The number of hydrogen-bond donors (Lipinski definition) is 0. The van der Waals surface area contributed by atoms with Crippen LogP contribution in [0.5, 0.6) is 0 Å². The van der Waals surface area contributed by atoms with E-state index in [2.05, 4.69) is 50.6 Å². The third kappa shape index (κ3) is 10.5. The molecule has 0 unspecified atom stereocenters. The zero-order chi connectivity index (χ0) is 17.1. The molecule has 0 aromatic rings. The summed E-state index contributed by atoms with van der Waals surface area (Å²) in [5.74, 6) is 0. The maximum absolute atomic E-state index is 9.75. The predicted molar refractivity (Wildman–Crippen MR) is 88.6 cm³/mol. The van der Waals surface area contributed by atoms with Crippen molar-refractivity contribution in [2.45, 2.75) is 47.5 Å². The number of rotatable bonds is 9. The first kappa shape index (κ1) is 23.4. The van der Waals surface area contributed by atoms with Gasteiger partial charge in [-0.25, -0.2) is 0 Å². The lowest BCUT2D eigenvalue weighted by Gasteiger charge is -2.39. The summed E-state index contributed by atoms with van der Waals surface area (Å²) in [7, 11) is -7.04. The van der Waals surface area contributed by atoms with E-state index in [0.29, 0.717) is 0 Å². The van der Waals surface area contributed by atoms with E-state index >= 15 is 0 Å². The molecule has 0 amide bonds. The summed E-state index contributed by atoms with van der Waals surface area (Å²) < 4.78 is 44.4. The van der Waals surface area contributed by atoms with E-state index in [1.165, 1.54) is 45.2 Å². The van der Waals surface area contributed by atoms with Crippen molar-refractivity contribution >= 4 is 14.8 Å². The van der Waals surface area contributed by atoms with Gasteiger partial charge in [-0.1, -0.05) is 13.3 Å². The number of unbranched alkanes of at least 4 members (excludes halogenated alkanes) is 1. The van der Waals surface area contributed by atoms with Crippen LogP contribution in [-0.2, 0) is 0 Å². The van der Waals surface area contributed by atoms with Crippen molar-refractivity contribution in [2.75, 3.05) is 39.0 Å². The van der Waals surface area contributed by atoms with E-state index in [1.807, 2.05) is 0 Å². The van der Waals surface area contributed by atoms with Gasteiger partial charge in [-0.2, -0.15) is 9.34 Å². The van der Waals surface area contributed by atoms with E-state index in [-0.39, 0.29) is 0 Å². The average Bonchev–Trinajstić information content (AvgIpc) is 2.37. The molecule has 0 fully saturated rings. The normalized spacial score (nSPS) is 12.6. The SMILES string of the molecule is CCCC[P+](C)(N(CC)CC)N(CC)CC.F[B-](F)(F)F. The summed E-state index contributed by atoms with van der Waals surface area (Å²) in [5.41, 5.74) is 0. The summed E-state index contributed by atoms with van der Waals surface area (Å²) in [6, 6.07) is 0. The van der Waals surface area contributed by atoms with Gasteiger partial charge in [0, 0.05) is 26.2 Å². The van der Waals surface area contributed by atoms with Crippen molar-refractivity contribution in [3.05, 3.63) is 0 Å². The van der Waals surface area contributed by atoms with Gasteiger partial charge in [-0.3, -0.25) is 0 Å². The van der Waals surface area contributed by atoms with Crippen LogP contribution in [-0.4, -0.2) is 55.6 Å². The van der Waals surface area contributed by atoms with Gasteiger partial charge < -0.3 is 17.3 Å². The lowest BCUT2D eigenvalue weighted by Crippen LogP contribution is -2.37. The highest BCUT2D eigenvalue weighted by atomic mass is 31.2. The second-order valence-electron chi connectivity index (χ2n) is 4.94. The highest BCUT2D eigenvalue weighted by molar-refractivity contribution is 7.70. The molecule has 21 heavy (non-hydrogen) atoms. The summed E-state index contributed by atoms with van der Waals surface area (Å²) in [6.07, 6.45) is 4.09. The molecule has 0 bridgehead atoms. The molecule has 2 nitrogen and oxygen atoms in total. The molecule has 0 aromatic carbocycles. The molecule has 0 aliphatic rings. The van der Waals surface area contributed by atoms with Crippen molar-refractivity contribution in [1.82, 2.24) is 9.34 Å². The van der Waals surface area contributed by atoms with Crippen LogP contribution in [0.3, 0.4) is 0 Å². The molecule has 0 atom stereocenters. The second kappa shape index (κ2) is 11.7. The van der Waals surface area contributed by atoms with Gasteiger partial charge in [0.25, 0.3) is 0 Å². The molecule has 0 rings (SSSR count). The third-order valence-corrected chi connectivity index (χ3v) is 8.35. The quantitative estimate of drug-likeness (QED) is 0.323. The first-order chi connectivity index (χ1) is 9.60. The first-order valence-electron chi connectivity index (χ1n) is 7.84. The highest BCUT2D eigenvalue weighted by Gasteiger charge is 2.42. The van der Waals surface area contributed by atoms with E-state index in [1.54, 1.807) is 0 Å². The van der Waals surface area contributed by atoms with E-state index in [9.17, 15) is 17.3 Å². The van der Waals surface area contributed by atoms with Gasteiger partial charge in [-0.15, -0.1) is 0 Å². The van der Waals surface area contributed by atoms with Gasteiger partial charge >= 0.3 is 7.25 Å². The first-order valence-corrected chi connectivity index (χ1v) is 10.2. The molecule has 0 N–H and O–H groups in total. The fourth-order valence-electron chi connectivity index (χ4n) is 2.59. The van der Waals surface area contributed by atoms with Gasteiger partial charge in [0.1, 0.15) is 7.56 Å². The standard InChI is InChI=1S/C13H32N2P.BF4/c1-7-12-13-16(6,14(8-2)9-3)15(10-4)11-5;2-1(3,4)5/h7-13H2,1-6H3;/q+1;-1. The fraction of sp³-hybridized carbons (Fsp3) is 1.00. The Labute approximate surface area is 128 Å². The largest absolute Gasteiger partial charge is 0.673 e. The Morgan fingerprint density at radius 2 is 1.05 bits per heavy atom. The van der Waals surface area contributed by atoms with Crippen LogP contribution in [0.15, 0.2) is 0 Å². The highest BCUT2D eigenvalue weighted by Crippen LogP contribution is 2.61. The second-order valence-corrected chi connectivity index (χ2v) is 8.69. The Morgan fingerprint density at radius 1 is 0.762 bits per heavy atom. The molecular formula is C13H32BF4N2P. The lowest BCUT2D eigenvalue weighted by atomic mass is 10.3. The lowest BCUT2D eigenvalue weighted by molar-refractivity contribution is 0.368. The van der Waals surface area contributed by atoms with E-state index in [0.717, 1.165) is 0 Å². The molecule has 0 heterocycles. The van der Waals surface area contributed by atoms with Gasteiger partial charge in [0.2, 0.25) is 0 Å². The van der Waals surface area contributed by atoms with Crippen LogP contribution in [0, 0.1) is 0 Å². The smallest absolute Gasteiger partial charge is 0.418 e. The molecule has 0 aliphatic carbocycles. The number of halogens is 4. The van der Waals surface area contributed by atoms with E-state index < -0.39 is 14.8 Å². The monoisotopic (exact) mass is 334 g/mol. The van der Waals surface area contributed by atoms with E-state index in [4.69, 9.17) is 0 Å². The summed E-state index contributed by atoms with van der Waals surface area (Å²) in [4.78, 5) is 0. The van der Waals surface area contributed by atoms with Crippen molar-refractivity contribution in [3.8, 4) is 0 Å². The Bertz CT molecular complexity index is 229. The zero-order valence-electron chi connectivity index (χ0n) is 14.4. The summed E-state index contributed by atoms with van der Waals surface area (Å²) >= 11 is 0. The van der Waals surface area contributed by atoms with Crippen LogP contribution in [0.4, 0.5) is 17.3 Å². The topological polar surface area (TPSA) is 6.48 Å².